The van der Waals surface area contributed by atoms with Gasteiger partial charge in [0.2, 0.25) is 0 Å². The lowest BCUT2D eigenvalue weighted by Crippen LogP contribution is -2.26. The number of nitrogens with zero attached hydrogens (tertiary/aromatic N) is 1. The fourth-order valence-corrected chi connectivity index (χ4v) is 2.67. The highest BCUT2D eigenvalue weighted by atomic mass is 32.2. The van der Waals surface area contributed by atoms with Crippen LogP contribution in [0.3, 0.4) is 0 Å². The van der Waals surface area contributed by atoms with Crippen molar-refractivity contribution in [2.75, 3.05) is 44.4 Å². The highest BCUT2D eigenvalue weighted by Gasteiger charge is 2.13. The highest BCUT2D eigenvalue weighted by Crippen LogP contribution is 2.12. The second-order valence-electron chi connectivity index (χ2n) is 3.95. The molecule has 1 aliphatic rings. The normalized spacial score (nSPS) is 18.2. The van der Waals surface area contributed by atoms with Gasteiger partial charge in [-0.3, -0.25) is 0 Å². The molecule has 0 aromatic carbocycles. The topological polar surface area (TPSA) is 21.7 Å². The van der Waals surface area contributed by atoms with Gasteiger partial charge in [-0.05, 0) is 25.3 Å². The van der Waals surface area contributed by atoms with E-state index in [1.54, 1.807) is 0 Å². The van der Waals surface area contributed by atoms with E-state index in [1.165, 1.54) is 12.3 Å². The minimum atomic E-state index is 0.0645. The van der Waals surface area contributed by atoms with Gasteiger partial charge in [0.1, 0.15) is 0 Å². The third-order valence-corrected chi connectivity index (χ3v) is 3.84. The van der Waals surface area contributed by atoms with Crippen molar-refractivity contribution in [1.29, 1.82) is 0 Å². The molecule has 0 bridgehead atoms. The predicted molar refractivity (Wildman–Crippen MR) is 70.0 cm³/mol. The van der Waals surface area contributed by atoms with Crippen LogP contribution in [0.1, 0.15) is 26.7 Å². The fraction of sp³-hybridized carbons (Fsp3) is 1.00. The number of ether oxygens (including phenoxy) is 2. The number of thioether (sulfide) groups is 1. The zero-order chi connectivity index (χ0) is 11.6. The molecule has 0 aliphatic carbocycles. The zero-order valence-electron chi connectivity index (χ0n) is 10.6. The van der Waals surface area contributed by atoms with Crippen LogP contribution in [0.2, 0.25) is 0 Å². The van der Waals surface area contributed by atoms with Gasteiger partial charge >= 0.3 is 0 Å². The van der Waals surface area contributed by atoms with Crippen molar-refractivity contribution < 1.29 is 9.47 Å². The van der Waals surface area contributed by atoms with Gasteiger partial charge in [-0.2, -0.15) is 11.8 Å². The van der Waals surface area contributed by atoms with Gasteiger partial charge in [0, 0.05) is 18.7 Å². The van der Waals surface area contributed by atoms with Gasteiger partial charge in [-0.25, -0.2) is 0 Å². The molecule has 0 spiro atoms. The molecule has 1 fully saturated rings. The maximum Gasteiger partial charge on any atom is 0.158 e. The van der Waals surface area contributed by atoms with Crippen LogP contribution in [0.15, 0.2) is 0 Å². The number of rotatable bonds is 8. The van der Waals surface area contributed by atoms with Gasteiger partial charge in [0.25, 0.3) is 0 Å². The molecule has 3 nitrogen and oxygen atoms in total. The third-order valence-electron chi connectivity index (χ3n) is 2.84. The molecule has 16 heavy (non-hydrogen) atoms. The van der Waals surface area contributed by atoms with E-state index in [2.05, 4.69) is 18.7 Å². The Morgan fingerprint density at radius 3 is 2.44 bits per heavy atom. The molecule has 0 unspecified atom stereocenters. The van der Waals surface area contributed by atoms with Crippen LogP contribution in [0, 0.1) is 0 Å². The van der Waals surface area contributed by atoms with Gasteiger partial charge in [0.05, 0.1) is 13.2 Å². The van der Waals surface area contributed by atoms with E-state index in [0.717, 1.165) is 44.9 Å². The molecule has 0 amide bonds. The van der Waals surface area contributed by atoms with Gasteiger partial charge in [-0.15, -0.1) is 0 Å². The van der Waals surface area contributed by atoms with Crippen LogP contribution in [0.25, 0.3) is 0 Å². The van der Waals surface area contributed by atoms with E-state index < -0.39 is 0 Å². The summed E-state index contributed by atoms with van der Waals surface area (Å²) in [7, 11) is 0. The summed E-state index contributed by atoms with van der Waals surface area (Å²) in [6.07, 6.45) is 2.14. The average molecular weight is 247 g/mol. The average Bonchev–Trinajstić information content (AvgIpc) is 2.35. The van der Waals surface area contributed by atoms with E-state index in [1.807, 2.05) is 11.8 Å². The maximum absolute atomic E-state index is 5.50. The molecular formula is C12H25NO2S. The molecule has 1 aliphatic heterocycles. The summed E-state index contributed by atoms with van der Waals surface area (Å²) in [5.74, 6) is 2.36. The lowest BCUT2D eigenvalue weighted by Gasteiger charge is -2.23. The maximum atomic E-state index is 5.50. The number of hydrogen-bond donors (Lipinski definition) is 0. The molecule has 0 radical (unpaired) electrons. The van der Waals surface area contributed by atoms with Crippen molar-refractivity contribution in [3.8, 4) is 0 Å². The molecule has 0 atom stereocenters. The summed E-state index contributed by atoms with van der Waals surface area (Å²) in [6.45, 7) is 9.70. The summed E-state index contributed by atoms with van der Waals surface area (Å²) in [6, 6.07) is 0. The van der Waals surface area contributed by atoms with E-state index in [-0.39, 0.29) is 6.29 Å². The quantitative estimate of drug-likeness (QED) is 0.613. The molecule has 1 heterocycles. The van der Waals surface area contributed by atoms with Crippen molar-refractivity contribution >= 4 is 11.8 Å². The third kappa shape index (κ3) is 6.09. The molecule has 1 rings (SSSR count). The molecule has 4 heteroatoms. The van der Waals surface area contributed by atoms with Gasteiger partial charge < -0.3 is 14.4 Å². The van der Waals surface area contributed by atoms with Crippen LogP contribution in [-0.2, 0) is 9.47 Å². The minimum absolute atomic E-state index is 0.0645. The van der Waals surface area contributed by atoms with Crippen LogP contribution in [0.4, 0.5) is 0 Å². The Kier molecular flexibility index (Phi) is 8.29. The van der Waals surface area contributed by atoms with E-state index in [9.17, 15) is 0 Å². The predicted octanol–water partition coefficient (Wildman–Crippen LogP) is 2.21. The van der Waals surface area contributed by atoms with Crippen molar-refractivity contribution in [1.82, 2.24) is 4.90 Å². The minimum Gasteiger partial charge on any atom is -0.353 e. The second-order valence-corrected chi connectivity index (χ2v) is 5.18. The van der Waals surface area contributed by atoms with Crippen molar-refractivity contribution in [3.63, 3.8) is 0 Å². The smallest absolute Gasteiger partial charge is 0.158 e. The SMILES string of the molecule is CCN(CC)CCSCCC1OCCCO1. The first kappa shape index (κ1) is 14.3. The van der Waals surface area contributed by atoms with Gasteiger partial charge in [0.15, 0.2) is 6.29 Å². The van der Waals surface area contributed by atoms with Crippen LogP contribution >= 0.6 is 11.8 Å². The lowest BCUT2D eigenvalue weighted by molar-refractivity contribution is -0.178. The van der Waals surface area contributed by atoms with E-state index >= 15 is 0 Å². The molecular weight excluding hydrogens is 222 g/mol. The van der Waals surface area contributed by atoms with Crippen LogP contribution < -0.4 is 0 Å². The van der Waals surface area contributed by atoms with E-state index in [4.69, 9.17) is 9.47 Å². The Morgan fingerprint density at radius 2 is 1.81 bits per heavy atom. The molecule has 0 saturated carbocycles. The summed E-state index contributed by atoms with van der Waals surface area (Å²) < 4.78 is 11.0. The Balaban J connectivity index is 1.90. The first-order chi connectivity index (χ1) is 7.86. The van der Waals surface area contributed by atoms with E-state index in [0.29, 0.717) is 0 Å². The zero-order valence-corrected chi connectivity index (χ0v) is 11.4. The van der Waals surface area contributed by atoms with Crippen LogP contribution in [0.5, 0.6) is 0 Å². The first-order valence-corrected chi connectivity index (χ1v) is 7.55. The fourth-order valence-electron chi connectivity index (χ4n) is 1.72. The monoisotopic (exact) mass is 247 g/mol. The van der Waals surface area contributed by atoms with Crippen molar-refractivity contribution in [2.24, 2.45) is 0 Å². The standard InChI is InChI=1S/C12H25NO2S/c1-3-13(4-2)7-11-16-10-6-12-14-8-5-9-15-12/h12H,3-11H2,1-2H3. The second kappa shape index (κ2) is 9.28. The van der Waals surface area contributed by atoms with Crippen molar-refractivity contribution in [2.45, 2.75) is 33.0 Å². The van der Waals surface area contributed by atoms with Crippen LogP contribution in [-0.4, -0.2) is 55.5 Å². The molecule has 0 aromatic rings. The lowest BCUT2D eigenvalue weighted by atomic mass is 10.4. The first-order valence-electron chi connectivity index (χ1n) is 6.40. The summed E-state index contributed by atoms with van der Waals surface area (Å²) >= 11 is 2.00. The molecule has 96 valence electrons. The molecule has 0 N–H and O–H groups in total. The Morgan fingerprint density at radius 1 is 1.12 bits per heavy atom. The summed E-state index contributed by atoms with van der Waals surface area (Å²) in [5, 5.41) is 0. The largest absolute Gasteiger partial charge is 0.353 e. The molecule has 0 aromatic heterocycles. The Bertz CT molecular complexity index is 159. The van der Waals surface area contributed by atoms with Gasteiger partial charge in [-0.1, -0.05) is 13.8 Å². The Hall–Kier alpha value is 0.230. The van der Waals surface area contributed by atoms with Crippen molar-refractivity contribution in [3.05, 3.63) is 0 Å². The highest BCUT2D eigenvalue weighted by molar-refractivity contribution is 7.99. The summed E-state index contributed by atoms with van der Waals surface area (Å²) in [5.41, 5.74) is 0. The summed E-state index contributed by atoms with van der Waals surface area (Å²) in [4.78, 5) is 2.46. The molecule has 1 saturated heterocycles. The number of hydrogen-bond acceptors (Lipinski definition) is 4. The Labute approximate surface area is 104 Å².